The number of hydrazone groups is 1. The van der Waals surface area contributed by atoms with Crippen LogP contribution in [0.5, 0.6) is 0 Å². The lowest BCUT2D eigenvalue weighted by Crippen LogP contribution is -2.22. The second-order valence-corrected chi connectivity index (χ2v) is 5.84. The Balaban J connectivity index is 1.82. The highest BCUT2D eigenvalue weighted by molar-refractivity contribution is 6.32. The zero-order chi connectivity index (χ0) is 17.1. The Labute approximate surface area is 143 Å². The highest BCUT2D eigenvalue weighted by Crippen LogP contribution is 2.25. The first-order valence-electron chi connectivity index (χ1n) is 7.45. The van der Waals surface area contributed by atoms with E-state index in [1.165, 1.54) is 17.7 Å². The van der Waals surface area contributed by atoms with Crippen LogP contribution in [-0.4, -0.2) is 16.5 Å². The molecule has 0 saturated heterocycles. The summed E-state index contributed by atoms with van der Waals surface area (Å²) in [7, 11) is 0. The SMILES string of the molecule is O=C(NN=C1CCCc2ccccc21)c1ccc(Cl)c([N+](=O)[O-])c1. The van der Waals surface area contributed by atoms with Crippen molar-refractivity contribution < 1.29 is 9.72 Å². The number of hydrogen-bond acceptors (Lipinski definition) is 4. The maximum atomic E-state index is 12.2. The number of benzene rings is 2. The molecule has 1 amide bonds. The molecule has 1 aliphatic carbocycles. The van der Waals surface area contributed by atoms with Crippen LogP contribution in [0.4, 0.5) is 5.69 Å². The fourth-order valence-corrected chi connectivity index (χ4v) is 2.88. The Morgan fingerprint density at radius 2 is 2.00 bits per heavy atom. The normalized spacial score (nSPS) is 15.0. The number of hydrogen-bond donors (Lipinski definition) is 1. The molecule has 0 unspecified atom stereocenters. The third-order valence-corrected chi connectivity index (χ3v) is 4.20. The van der Waals surface area contributed by atoms with Gasteiger partial charge < -0.3 is 0 Å². The molecule has 7 heteroatoms. The summed E-state index contributed by atoms with van der Waals surface area (Å²) in [5.74, 6) is -0.509. The predicted molar refractivity (Wildman–Crippen MR) is 91.5 cm³/mol. The molecular formula is C17H14ClN3O3. The van der Waals surface area contributed by atoms with Crippen molar-refractivity contribution in [3.05, 3.63) is 74.3 Å². The number of carbonyl (C=O) groups is 1. The first-order valence-corrected chi connectivity index (χ1v) is 7.83. The summed E-state index contributed by atoms with van der Waals surface area (Å²) >= 11 is 5.75. The molecule has 1 N–H and O–H groups in total. The molecule has 122 valence electrons. The molecule has 3 rings (SSSR count). The van der Waals surface area contributed by atoms with Crippen LogP contribution < -0.4 is 5.43 Å². The molecule has 0 atom stereocenters. The zero-order valence-electron chi connectivity index (χ0n) is 12.7. The van der Waals surface area contributed by atoms with Gasteiger partial charge in [-0.25, -0.2) is 5.43 Å². The summed E-state index contributed by atoms with van der Waals surface area (Å²) in [6, 6.07) is 11.8. The van der Waals surface area contributed by atoms with E-state index in [-0.39, 0.29) is 16.3 Å². The van der Waals surface area contributed by atoms with E-state index in [9.17, 15) is 14.9 Å². The summed E-state index contributed by atoms with van der Waals surface area (Å²) < 4.78 is 0. The standard InChI is InChI=1S/C17H14ClN3O3/c18-14-9-8-12(10-16(14)21(23)24)17(22)20-19-15-7-3-5-11-4-1-2-6-13(11)15/h1-2,4,6,8-10H,3,5,7H2,(H,20,22). The van der Waals surface area contributed by atoms with E-state index >= 15 is 0 Å². The molecule has 6 nitrogen and oxygen atoms in total. The van der Waals surface area contributed by atoms with E-state index in [0.29, 0.717) is 0 Å². The van der Waals surface area contributed by atoms with Gasteiger partial charge in [-0.1, -0.05) is 35.9 Å². The minimum absolute atomic E-state index is 0.0101. The summed E-state index contributed by atoms with van der Waals surface area (Å²) in [5.41, 5.74) is 5.37. The molecule has 0 radical (unpaired) electrons. The Kier molecular flexibility index (Phi) is 4.57. The van der Waals surface area contributed by atoms with Gasteiger partial charge in [-0.2, -0.15) is 5.10 Å². The maximum Gasteiger partial charge on any atom is 0.288 e. The maximum absolute atomic E-state index is 12.2. The van der Waals surface area contributed by atoms with E-state index in [0.717, 1.165) is 36.6 Å². The van der Waals surface area contributed by atoms with Gasteiger partial charge in [0.1, 0.15) is 5.02 Å². The van der Waals surface area contributed by atoms with Crippen molar-refractivity contribution in [2.75, 3.05) is 0 Å². The molecule has 0 saturated carbocycles. The van der Waals surface area contributed by atoms with E-state index in [4.69, 9.17) is 11.6 Å². The second kappa shape index (κ2) is 6.80. The average molecular weight is 344 g/mol. The first-order chi connectivity index (χ1) is 11.6. The molecule has 0 bridgehead atoms. The summed E-state index contributed by atoms with van der Waals surface area (Å²) in [6.07, 6.45) is 2.74. The van der Waals surface area contributed by atoms with Gasteiger partial charge in [-0.3, -0.25) is 14.9 Å². The summed E-state index contributed by atoms with van der Waals surface area (Å²) in [5, 5.41) is 15.1. The van der Waals surface area contributed by atoms with Crippen molar-refractivity contribution in [3.63, 3.8) is 0 Å². The van der Waals surface area contributed by atoms with Crippen LogP contribution in [0.2, 0.25) is 5.02 Å². The van der Waals surface area contributed by atoms with Gasteiger partial charge in [0.25, 0.3) is 11.6 Å². The van der Waals surface area contributed by atoms with Gasteiger partial charge >= 0.3 is 0 Å². The fourth-order valence-electron chi connectivity index (χ4n) is 2.69. The molecular weight excluding hydrogens is 330 g/mol. The number of halogens is 1. The van der Waals surface area contributed by atoms with Crippen molar-refractivity contribution in [3.8, 4) is 0 Å². The van der Waals surface area contributed by atoms with Crippen LogP contribution in [0, 0.1) is 10.1 Å². The molecule has 2 aromatic rings. The third-order valence-electron chi connectivity index (χ3n) is 3.89. The Morgan fingerprint density at radius 1 is 1.21 bits per heavy atom. The number of amides is 1. The molecule has 0 spiro atoms. The Hall–Kier alpha value is -2.73. The number of nitro groups is 1. The van der Waals surface area contributed by atoms with E-state index < -0.39 is 10.8 Å². The smallest absolute Gasteiger partial charge is 0.267 e. The number of nitrogens with one attached hydrogen (secondary N) is 1. The van der Waals surface area contributed by atoms with Crippen LogP contribution in [-0.2, 0) is 6.42 Å². The third kappa shape index (κ3) is 3.28. The van der Waals surface area contributed by atoms with E-state index in [2.05, 4.69) is 10.5 Å². The van der Waals surface area contributed by atoms with Gasteiger partial charge in [0.05, 0.1) is 10.6 Å². The Bertz CT molecular complexity index is 849. The lowest BCUT2D eigenvalue weighted by molar-refractivity contribution is -0.384. The van der Waals surface area contributed by atoms with Gasteiger partial charge in [-0.15, -0.1) is 0 Å². The Morgan fingerprint density at radius 3 is 2.79 bits per heavy atom. The lowest BCUT2D eigenvalue weighted by atomic mass is 9.90. The number of nitro benzene ring substituents is 1. The largest absolute Gasteiger partial charge is 0.288 e. The lowest BCUT2D eigenvalue weighted by Gasteiger charge is -2.17. The monoisotopic (exact) mass is 343 g/mol. The second-order valence-electron chi connectivity index (χ2n) is 5.43. The molecule has 1 aliphatic rings. The summed E-state index contributed by atoms with van der Waals surface area (Å²) in [6.45, 7) is 0. The number of nitrogens with zero attached hydrogens (tertiary/aromatic N) is 2. The molecule has 2 aromatic carbocycles. The number of carbonyl (C=O) groups excluding carboxylic acids is 1. The molecule has 0 aliphatic heterocycles. The highest BCUT2D eigenvalue weighted by Gasteiger charge is 2.18. The minimum Gasteiger partial charge on any atom is -0.267 e. The molecule has 0 fully saturated rings. The topological polar surface area (TPSA) is 84.6 Å². The van der Waals surface area contributed by atoms with Crippen LogP contribution in [0.1, 0.15) is 34.3 Å². The van der Waals surface area contributed by atoms with Crippen LogP contribution in [0.3, 0.4) is 0 Å². The van der Waals surface area contributed by atoms with Crippen molar-refractivity contribution in [2.24, 2.45) is 5.10 Å². The predicted octanol–water partition coefficient (Wildman–Crippen LogP) is 3.72. The van der Waals surface area contributed by atoms with Gasteiger partial charge in [0.2, 0.25) is 0 Å². The van der Waals surface area contributed by atoms with Crippen molar-refractivity contribution in [1.29, 1.82) is 0 Å². The fraction of sp³-hybridized carbons (Fsp3) is 0.176. The zero-order valence-corrected chi connectivity index (χ0v) is 13.4. The number of rotatable bonds is 3. The number of fused-ring (bicyclic) bond motifs is 1. The van der Waals surface area contributed by atoms with Gasteiger partial charge in [-0.05, 0) is 37.0 Å². The van der Waals surface area contributed by atoms with Gasteiger partial charge in [0.15, 0.2) is 0 Å². The minimum atomic E-state index is -0.623. The van der Waals surface area contributed by atoms with Gasteiger partial charge in [0, 0.05) is 17.2 Å². The quantitative estimate of drug-likeness (QED) is 0.680. The first kappa shape index (κ1) is 16.1. The molecule has 24 heavy (non-hydrogen) atoms. The molecule has 0 heterocycles. The number of aryl methyl sites for hydroxylation is 1. The molecule has 0 aromatic heterocycles. The van der Waals surface area contributed by atoms with Crippen LogP contribution in [0.15, 0.2) is 47.6 Å². The van der Waals surface area contributed by atoms with Crippen LogP contribution in [0.25, 0.3) is 0 Å². The van der Waals surface area contributed by atoms with Crippen LogP contribution >= 0.6 is 11.6 Å². The van der Waals surface area contributed by atoms with Crippen molar-refractivity contribution >= 4 is 28.9 Å². The van der Waals surface area contributed by atoms with E-state index in [1.807, 2.05) is 24.3 Å². The van der Waals surface area contributed by atoms with E-state index in [1.54, 1.807) is 0 Å². The summed E-state index contributed by atoms with van der Waals surface area (Å²) in [4.78, 5) is 22.5. The highest BCUT2D eigenvalue weighted by atomic mass is 35.5. The van der Waals surface area contributed by atoms with Crippen molar-refractivity contribution in [1.82, 2.24) is 5.43 Å². The average Bonchev–Trinajstić information content (AvgIpc) is 2.59. The van der Waals surface area contributed by atoms with Crippen molar-refractivity contribution in [2.45, 2.75) is 19.3 Å².